The SMILES string of the molecule is COCCCNC(=O)C[NH+]1CCN(C(=O)CCC(=O)c2ccc3ccccc3c2)CC1. The van der Waals surface area contributed by atoms with Gasteiger partial charge < -0.3 is 19.9 Å². The Morgan fingerprint density at radius 2 is 1.77 bits per heavy atom. The van der Waals surface area contributed by atoms with Gasteiger partial charge in [-0.25, -0.2) is 0 Å². The highest BCUT2D eigenvalue weighted by Crippen LogP contribution is 2.17. The van der Waals surface area contributed by atoms with Gasteiger partial charge in [-0.3, -0.25) is 14.4 Å². The number of Topliss-reactive ketones (excluding diaryl/α,β-unsaturated/α-hetero) is 1. The third-order valence-corrected chi connectivity index (χ3v) is 5.72. The first-order valence-corrected chi connectivity index (χ1v) is 11.0. The zero-order valence-corrected chi connectivity index (χ0v) is 18.2. The number of hydrogen-bond acceptors (Lipinski definition) is 4. The number of fused-ring (bicyclic) bond motifs is 1. The number of carbonyl (C=O) groups excluding carboxylic acids is 3. The molecule has 0 radical (unpaired) electrons. The van der Waals surface area contributed by atoms with Crippen LogP contribution in [-0.2, 0) is 14.3 Å². The standard InChI is InChI=1S/C24H31N3O4/c1-31-16-4-11-25-23(29)18-26-12-14-27(15-13-26)24(30)10-9-22(28)21-8-7-19-5-2-3-6-20(19)17-21/h2-3,5-8,17H,4,9-16,18H2,1H3,(H,25,29)/p+1. The Labute approximate surface area is 183 Å². The van der Waals surface area contributed by atoms with Crippen molar-refractivity contribution in [1.29, 1.82) is 0 Å². The van der Waals surface area contributed by atoms with Gasteiger partial charge in [-0.05, 0) is 23.3 Å². The van der Waals surface area contributed by atoms with E-state index < -0.39 is 0 Å². The molecule has 7 heteroatoms. The predicted molar refractivity (Wildman–Crippen MR) is 119 cm³/mol. The van der Waals surface area contributed by atoms with Gasteiger partial charge in [-0.1, -0.05) is 36.4 Å². The maximum atomic E-state index is 12.6. The number of benzene rings is 2. The lowest BCUT2D eigenvalue weighted by Crippen LogP contribution is -3.15. The van der Waals surface area contributed by atoms with Crippen molar-refractivity contribution >= 4 is 28.4 Å². The van der Waals surface area contributed by atoms with Crippen LogP contribution in [0.2, 0.25) is 0 Å². The second kappa shape index (κ2) is 11.6. The summed E-state index contributed by atoms with van der Waals surface area (Å²) in [5.41, 5.74) is 0.650. The first-order valence-electron chi connectivity index (χ1n) is 11.0. The summed E-state index contributed by atoms with van der Waals surface area (Å²) in [6, 6.07) is 13.6. The molecule has 3 rings (SSSR count). The fourth-order valence-corrected chi connectivity index (χ4v) is 3.87. The molecule has 2 amide bonds. The van der Waals surface area contributed by atoms with E-state index in [0.717, 1.165) is 30.3 Å². The van der Waals surface area contributed by atoms with Crippen LogP contribution in [0, 0.1) is 0 Å². The normalized spacial score (nSPS) is 14.5. The van der Waals surface area contributed by atoms with Gasteiger partial charge >= 0.3 is 0 Å². The molecule has 1 aliphatic heterocycles. The Morgan fingerprint density at radius 1 is 1.03 bits per heavy atom. The van der Waals surface area contributed by atoms with Crippen molar-refractivity contribution in [3.05, 3.63) is 48.0 Å². The monoisotopic (exact) mass is 426 g/mol. The number of quaternary nitrogens is 1. The quantitative estimate of drug-likeness (QED) is 0.433. The Kier molecular flexibility index (Phi) is 8.55. The maximum Gasteiger partial charge on any atom is 0.275 e. The van der Waals surface area contributed by atoms with Crippen LogP contribution >= 0.6 is 0 Å². The summed E-state index contributed by atoms with van der Waals surface area (Å²) in [5, 5.41) is 5.03. The molecule has 2 aromatic rings. The van der Waals surface area contributed by atoms with E-state index in [2.05, 4.69) is 5.32 Å². The average molecular weight is 427 g/mol. The number of nitrogens with zero attached hydrogens (tertiary/aromatic N) is 1. The molecule has 0 saturated carbocycles. The van der Waals surface area contributed by atoms with E-state index in [1.54, 1.807) is 7.11 Å². The molecule has 0 spiro atoms. The van der Waals surface area contributed by atoms with Crippen molar-refractivity contribution in [3.63, 3.8) is 0 Å². The van der Waals surface area contributed by atoms with E-state index in [-0.39, 0.29) is 30.4 Å². The number of nitrogens with one attached hydrogen (secondary N) is 2. The number of rotatable bonds is 10. The number of piperazine rings is 1. The number of ketones is 1. The molecule has 0 aliphatic carbocycles. The third kappa shape index (κ3) is 6.87. The van der Waals surface area contributed by atoms with Gasteiger partial charge in [0.05, 0.1) is 26.2 Å². The Hall–Kier alpha value is -2.77. The van der Waals surface area contributed by atoms with Crippen LogP contribution in [0.5, 0.6) is 0 Å². The van der Waals surface area contributed by atoms with Gasteiger partial charge in [-0.2, -0.15) is 0 Å². The summed E-state index contributed by atoms with van der Waals surface area (Å²) in [4.78, 5) is 40.1. The van der Waals surface area contributed by atoms with Crippen molar-refractivity contribution in [2.24, 2.45) is 0 Å². The lowest BCUT2D eigenvalue weighted by atomic mass is 10.0. The molecule has 2 aromatic carbocycles. The first kappa shape index (κ1) is 22.9. The highest BCUT2D eigenvalue weighted by atomic mass is 16.5. The Balaban J connectivity index is 1.38. The lowest BCUT2D eigenvalue weighted by molar-refractivity contribution is -0.896. The van der Waals surface area contributed by atoms with Crippen molar-refractivity contribution in [2.45, 2.75) is 19.3 Å². The van der Waals surface area contributed by atoms with Crippen molar-refractivity contribution in [1.82, 2.24) is 10.2 Å². The van der Waals surface area contributed by atoms with E-state index in [1.165, 1.54) is 4.90 Å². The highest BCUT2D eigenvalue weighted by molar-refractivity contribution is 6.01. The van der Waals surface area contributed by atoms with Crippen LogP contribution < -0.4 is 10.2 Å². The molecule has 1 fully saturated rings. The molecule has 1 heterocycles. The molecule has 0 aromatic heterocycles. The van der Waals surface area contributed by atoms with Crippen LogP contribution in [0.1, 0.15) is 29.6 Å². The van der Waals surface area contributed by atoms with Gasteiger partial charge in [0.25, 0.3) is 5.91 Å². The minimum atomic E-state index is -0.00601. The van der Waals surface area contributed by atoms with Gasteiger partial charge in [0.15, 0.2) is 12.3 Å². The summed E-state index contributed by atoms with van der Waals surface area (Å²) >= 11 is 0. The largest absolute Gasteiger partial charge is 0.385 e. The number of amides is 2. The smallest absolute Gasteiger partial charge is 0.275 e. The molecule has 0 bridgehead atoms. The van der Waals surface area contributed by atoms with Crippen LogP contribution in [0.15, 0.2) is 42.5 Å². The van der Waals surface area contributed by atoms with E-state index in [4.69, 9.17) is 4.74 Å². The summed E-state index contributed by atoms with van der Waals surface area (Å²) in [6.07, 6.45) is 1.24. The summed E-state index contributed by atoms with van der Waals surface area (Å²) in [7, 11) is 1.64. The van der Waals surface area contributed by atoms with Crippen molar-refractivity contribution in [2.75, 3.05) is 53.0 Å². The number of carbonyl (C=O) groups is 3. The zero-order valence-electron chi connectivity index (χ0n) is 18.2. The van der Waals surface area contributed by atoms with Gasteiger partial charge in [-0.15, -0.1) is 0 Å². The molecule has 31 heavy (non-hydrogen) atoms. The Morgan fingerprint density at radius 3 is 2.52 bits per heavy atom. The maximum absolute atomic E-state index is 12.6. The van der Waals surface area contributed by atoms with Crippen LogP contribution in [0.3, 0.4) is 0 Å². The second-order valence-electron chi connectivity index (χ2n) is 7.99. The third-order valence-electron chi connectivity index (χ3n) is 5.72. The van der Waals surface area contributed by atoms with E-state index in [1.807, 2.05) is 47.4 Å². The van der Waals surface area contributed by atoms with E-state index in [0.29, 0.717) is 38.3 Å². The fourth-order valence-electron chi connectivity index (χ4n) is 3.87. The average Bonchev–Trinajstić information content (AvgIpc) is 2.80. The van der Waals surface area contributed by atoms with Gasteiger partial charge in [0.1, 0.15) is 0 Å². The topological polar surface area (TPSA) is 80.2 Å². The van der Waals surface area contributed by atoms with E-state index in [9.17, 15) is 14.4 Å². The number of hydrogen-bond donors (Lipinski definition) is 2. The van der Waals surface area contributed by atoms with Crippen LogP contribution in [0.25, 0.3) is 10.8 Å². The second-order valence-corrected chi connectivity index (χ2v) is 7.99. The predicted octanol–water partition coefficient (Wildman–Crippen LogP) is 0.683. The molecule has 1 aliphatic rings. The highest BCUT2D eigenvalue weighted by Gasteiger charge is 2.25. The van der Waals surface area contributed by atoms with Gasteiger partial charge in [0, 0.05) is 38.7 Å². The van der Waals surface area contributed by atoms with Gasteiger partial charge in [0.2, 0.25) is 5.91 Å². The minimum absolute atomic E-state index is 0.00601. The summed E-state index contributed by atoms with van der Waals surface area (Å²) in [5.74, 6) is 0.0394. The molecule has 7 nitrogen and oxygen atoms in total. The van der Waals surface area contributed by atoms with E-state index >= 15 is 0 Å². The Bertz CT molecular complexity index is 907. The molecular formula is C24H32N3O4+. The molecule has 0 unspecified atom stereocenters. The molecule has 166 valence electrons. The van der Waals surface area contributed by atoms with Crippen molar-refractivity contribution < 1.29 is 24.0 Å². The van der Waals surface area contributed by atoms with Crippen molar-refractivity contribution in [3.8, 4) is 0 Å². The minimum Gasteiger partial charge on any atom is -0.385 e. The zero-order chi connectivity index (χ0) is 22.1. The molecule has 1 saturated heterocycles. The number of ether oxygens (including phenoxy) is 1. The first-order chi connectivity index (χ1) is 15.1. The molecule has 2 N–H and O–H groups in total. The lowest BCUT2D eigenvalue weighted by Gasteiger charge is -2.32. The van der Waals surface area contributed by atoms with Crippen LogP contribution in [-0.4, -0.2) is 75.5 Å². The molecule has 0 atom stereocenters. The summed E-state index contributed by atoms with van der Waals surface area (Å²) in [6.45, 7) is 4.42. The molecular weight excluding hydrogens is 394 g/mol. The summed E-state index contributed by atoms with van der Waals surface area (Å²) < 4.78 is 4.97. The number of methoxy groups -OCH3 is 1. The fraction of sp³-hybridized carbons (Fsp3) is 0.458. The van der Waals surface area contributed by atoms with Crippen LogP contribution in [0.4, 0.5) is 0 Å².